The smallest absolute Gasteiger partial charge is 0.312 e. The van der Waals surface area contributed by atoms with Gasteiger partial charge in [-0.1, -0.05) is 30.3 Å². The number of aryl methyl sites for hydroxylation is 2. The molecule has 2 unspecified atom stereocenters. The molecule has 1 aromatic carbocycles. The van der Waals surface area contributed by atoms with Crippen LogP contribution in [0.5, 0.6) is 0 Å². The van der Waals surface area contributed by atoms with Gasteiger partial charge in [0.1, 0.15) is 0 Å². The van der Waals surface area contributed by atoms with Gasteiger partial charge in [-0.15, -0.1) is 0 Å². The fourth-order valence-corrected chi connectivity index (χ4v) is 2.77. The molecule has 0 aliphatic carbocycles. The lowest BCUT2D eigenvalue weighted by atomic mass is 9.99. The number of nitrogens with one attached hydrogen (secondary N) is 1. The zero-order valence-corrected chi connectivity index (χ0v) is 14.2. The Morgan fingerprint density at radius 1 is 1.25 bits per heavy atom. The van der Waals surface area contributed by atoms with Crippen LogP contribution in [0.1, 0.15) is 42.3 Å². The van der Waals surface area contributed by atoms with Crippen molar-refractivity contribution in [1.29, 1.82) is 0 Å². The number of aliphatic carboxylic acids is 1. The Morgan fingerprint density at radius 2 is 1.92 bits per heavy atom. The van der Waals surface area contributed by atoms with Crippen molar-refractivity contribution in [2.24, 2.45) is 0 Å². The highest BCUT2D eigenvalue weighted by Gasteiger charge is 2.21. The summed E-state index contributed by atoms with van der Waals surface area (Å²) in [5.41, 5.74) is 2.59. The van der Waals surface area contributed by atoms with Gasteiger partial charge in [0.2, 0.25) is 5.91 Å². The van der Waals surface area contributed by atoms with Gasteiger partial charge in [-0.05, 0) is 32.4 Å². The molecule has 0 aliphatic heterocycles. The second-order valence-corrected chi connectivity index (χ2v) is 6.03. The summed E-state index contributed by atoms with van der Waals surface area (Å²) in [6, 6.07) is 10.8. The molecule has 0 aliphatic rings. The van der Waals surface area contributed by atoms with Gasteiger partial charge in [0.05, 0.1) is 17.7 Å². The second kappa shape index (κ2) is 7.77. The maximum Gasteiger partial charge on any atom is 0.312 e. The fourth-order valence-electron chi connectivity index (χ4n) is 2.77. The zero-order valence-electron chi connectivity index (χ0n) is 14.2. The van der Waals surface area contributed by atoms with E-state index in [-0.39, 0.29) is 24.9 Å². The molecule has 128 valence electrons. The monoisotopic (exact) mass is 329 g/mol. The number of carboxylic acid groups (broad SMARTS) is 1. The van der Waals surface area contributed by atoms with Crippen LogP contribution in [0.25, 0.3) is 0 Å². The summed E-state index contributed by atoms with van der Waals surface area (Å²) in [5.74, 6) is -1.88. The van der Waals surface area contributed by atoms with E-state index in [9.17, 15) is 14.7 Å². The van der Waals surface area contributed by atoms with Crippen LogP contribution < -0.4 is 5.32 Å². The summed E-state index contributed by atoms with van der Waals surface area (Å²) < 4.78 is 1.82. The van der Waals surface area contributed by atoms with Gasteiger partial charge in [0.25, 0.3) is 0 Å². The lowest BCUT2D eigenvalue weighted by Gasteiger charge is -2.16. The Balaban J connectivity index is 1.94. The predicted octanol–water partition coefficient (Wildman–Crippen LogP) is 2.44. The van der Waals surface area contributed by atoms with Crippen LogP contribution in [-0.4, -0.2) is 33.3 Å². The standard InChI is InChI=1S/C18H23N3O3/c1-12-9-13(2)21(20-12)14(3)10-17(22)19-11-16(18(23)24)15-7-5-4-6-8-15/h4-9,14,16H,10-11H2,1-3H3,(H,19,22)(H,23,24). The summed E-state index contributed by atoms with van der Waals surface area (Å²) in [5, 5.41) is 16.5. The minimum atomic E-state index is -0.951. The molecule has 6 heteroatoms. The molecule has 0 spiro atoms. The van der Waals surface area contributed by atoms with Gasteiger partial charge in [-0.3, -0.25) is 14.3 Å². The molecular formula is C18H23N3O3. The van der Waals surface area contributed by atoms with Gasteiger partial charge in [-0.25, -0.2) is 0 Å². The summed E-state index contributed by atoms with van der Waals surface area (Å²) in [6.07, 6.45) is 0.253. The summed E-state index contributed by atoms with van der Waals surface area (Å²) in [6.45, 7) is 5.85. The Kier molecular flexibility index (Phi) is 5.73. The number of carboxylic acids is 1. The number of nitrogens with zero attached hydrogens (tertiary/aromatic N) is 2. The number of aromatic nitrogens is 2. The van der Waals surface area contributed by atoms with E-state index in [2.05, 4.69) is 10.4 Å². The Hall–Kier alpha value is -2.63. The SMILES string of the molecule is Cc1cc(C)n(C(C)CC(=O)NCC(C(=O)O)c2ccccc2)n1. The van der Waals surface area contributed by atoms with Crippen LogP contribution in [0.2, 0.25) is 0 Å². The maximum atomic E-state index is 12.2. The van der Waals surface area contributed by atoms with Crippen molar-refractivity contribution in [2.75, 3.05) is 6.54 Å². The highest BCUT2D eigenvalue weighted by atomic mass is 16.4. The van der Waals surface area contributed by atoms with Gasteiger partial charge < -0.3 is 10.4 Å². The van der Waals surface area contributed by atoms with Crippen molar-refractivity contribution < 1.29 is 14.7 Å². The van der Waals surface area contributed by atoms with Crippen LogP contribution in [0.3, 0.4) is 0 Å². The van der Waals surface area contributed by atoms with E-state index in [1.807, 2.05) is 37.6 Å². The van der Waals surface area contributed by atoms with Gasteiger partial charge >= 0.3 is 5.97 Å². The largest absolute Gasteiger partial charge is 0.481 e. The first-order chi connectivity index (χ1) is 11.4. The predicted molar refractivity (Wildman–Crippen MR) is 90.9 cm³/mol. The van der Waals surface area contributed by atoms with E-state index in [4.69, 9.17) is 0 Å². The zero-order chi connectivity index (χ0) is 17.7. The third-order valence-electron chi connectivity index (χ3n) is 3.95. The lowest BCUT2D eigenvalue weighted by molar-refractivity contribution is -0.138. The number of amides is 1. The molecule has 24 heavy (non-hydrogen) atoms. The van der Waals surface area contributed by atoms with Crippen LogP contribution in [0.15, 0.2) is 36.4 Å². The normalized spacial score (nSPS) is 13.3. The van der Waals surface area contributed by atoms with Crippen molar-refractivity contribution in [2.45, 2.75) is 39.2 Å². The fraction of sp³-hybridized carbons (Fsp3) is 0.389. The number of hydrogen-bond acceptors (Lipinski definition) is 3. The minimum Gasteiger partial charge on any atom is -0.481 e. The van der Waals surface area contributed by atoms with E-state index in [0.717, 1.165) is 11.4 Å². The van der Waals surface area contributed by atoms with Crippen molar-refractivity contribution in [3.05, 3.63) is 53.3 Å². The minimum absolute atomic E-state index is 0.0714. The Morgan fingerprint density at radius 3 is 2.46 bits per heavy atom. The first-order valence-corrected chi connectivity index (χ1v) is 7.95. The van der Waals surface area contributed by atoms with Crippen molar-refractivity contribution in [3.8, 4) is 0 Å². The third-order valence-corrected chi connectivity index (χ3v) is 3.95. The third kappa shape index (κ3) is 4.44. The molecule has 2 rings (SSSR count). The van der Waals surface area contributed by atoms with Crippen molar-refractivity contribution >= 4 is 11.9 Å². The van der Waals surface area contributed by atoms with Crippen LogP contribution in [0.4, 0.5) is 0 Å². The molecule has 0 saturated carbocycles. The highest BCUT2D eigenvalue weighted by molar-refractivity contribution is 5.80. The molecule has 0 saturated heterocycles. The number of carbonyl (C=O) groups excluding carboxylic acids is 1. The highest BCUT2D eigenvalue weighted by Crippen LogP contribution is 2.16. The van der Waals surface area contributed by atoms with E-state index in [0.29, 0.717) is 5.56 Å². The molecule has 1 aromatic heterocycles. The maximum absolute atomic E-state index is 12.2. The average Bonchev–Trinajstić information content (AvgIpc) is 2.87. The van der Waals surface area contributed by atoms with Gasteiger partial charge in [-0.2, -0.15) is 5.10 Å². The van der Waals surface area contributed by atoms with Crippen molar-refractivity contribution in [1.82, 2.24) is 15.1 Å². The van der Waals surface area contributed by atoms with Crippen LogP contribution in [0, 0.1) is 13.8 Å². The van der Waals surface area contributed by atoms with E-state index in [1.165, 1.54) is 0 Å². The van der Waals surface area contributed by atoms with E-state index < -0.39 is 11.9 Å². The number of rotatable bonds is 7. The quantitative estimate of drug-likeness (QED) is 0.817. The first kappa shape index (κ1) is 17.7. The Labute approximate surface area is 141 Å². The molecule has 2 atom stereocenters. The topological polar surface area (TPSA) is 84.2 Å². The number of hydrogen-bond donors (Lipinski definition) is 2. The molecular weight excluding hydrogens is 306 g/mol. The molecule has 0 bridgehead atoms. The van der Waals surface area contributed by atoms with Crippen molar-refractivity contribution in [3.63, 3.8) is 0 Å². The molecule has 6 nitrogen and oxygen atoms in total. The number of benzene rings is 1. The molecule has 2 N–H and O–H groups in total. The average molecular weight is 329 g/mol. The molecule has 1 amide bonds. The summed E-state index contributed by atoms with van der Waals surface area (Å²) in [4.78, 5) is 23.6. The summed E-state index contributed by atoms with van der Waals surface area (Å²) in [7, 11) is 0. The molecule has 1 heterocycles. The van der Waals surface area contributed by atoms with Gasteiger partial charge in [0, 0.05) is 18.7 Å². The first-order valence-electron chi connectivity index (χ1n) is 7.95. The lowest BCUT2D eigenvalue weighted by Crippen LogP contribution is -2.33. The molecule has 0 radical (unpaired) electrons. The van der Waals surface area contributed by atoms with E-state index in [1.54, 1.807) is 24.3 Å². The van der Waals surface area contributed by atoms with E-state index >= 15 is 0 Å². The van der Waals surface area contributed by atoms with Crippen LogP contribution in [-0.2, 0) is 9.59 Å². The summed E-state index contributed by atoms with van der Waals surface area (Å²) >= 11 is 0. The second-order valence-electron chi connectivity index (χ2n) is 6.03. The van der Waals surface area contributed by atoms with Gasteiger partial charge in [0.15, 0.2) is 0 Å². The molecule has 0 fully saturated rings. The van der Waals surface area contributed by atoms with Crippen LogP contribution >= 0.6 is 0 Å². The molecule has 2 aromatic rings. The number of carbonyl (C=O) groups is 2. The Bertz CT molecular complexity index is 710.